The summed E-state index contributed by atoms with van der Waals surface area (Å²) in [6.45, 7) is 0.658. The van der Waals surface area contributed by atoms with E-state index in [1.807, 2.05) is 36.2 Å². The molecule has 26 heavy (non-hydrogen) atoms. The molecule has 2 rings (SSSR count). The highest BCUT2D eigenvalue weighted by atomic mass is 35.5. The second-order valence-corrected chi connectivity index (χ2v) is 6.03. The number of terminal acetylenes is 1. The van der Waals surface area contributed by atoms with Crippen LogP contribution in [0.5, 0.6) is 0 Å². The molecule has 2 aromatic rings. The molecular formula is C20H21ClN4O. The predicted octanol–water partition coefficient (Wildman–Crippen LogP) is 2.97. The number of nitrogens with one attached hydrogen (secondary N) is 2. The number of anilines is 1. The maximum Gasteiger partial charge on any atom is 0.243 e. The van der Waals surface area contributed by atoms with Gasteiger partial charge < -0.3 is 15.5 Å². The number of benzene rings is 2. The molecule has 134 valence electrons. The van der Waals surface area contributed by atoms with E-state index in [4.69, 9.17) is 18.0 Å². The number of carbonyl (C=O) groups is 1. The second kappa shape index (κ2) is 9.50. The van der Waals surface area contributed by atoms with Gasteiger partial charge in [-0.15, -0.1) is 6.42 Å². The number of rotatable bonds is 5. The summed E-state index contributed by atoms with van der Waals surface area (Å²) in [5, 5.41) is 6.54. The molecule has 0 radical (unpaired) electrons. The van der Waals surface area contributed by atoms with E-state index >= 15 is 0 Å². The Balaban J connectivity index is 1.90. The molecular weight excluding hydrogens is 348 g/mol. The molecule has 0 aromatic heterocycles. The Labute approximate surface area is 159 Å². The Morgan fingerprint density at radius 2 is 2.04 bits per heavy atom. The fraction of sp³-hybridized carbons (Fsp3) is 0.200. The summed E-state index contributed by atoms with van der Waals surface area (Å²) in [5.41, 5.74) is 2.35. The summed E-state index contributed by atoms with van der Waals surface area (Å²) in [7, 11) is 3.55. The van der Waals surface area contributed by atoms with Gasteiger partial charge in [-0.3, -0.25) is 9.79 Å². The van der Waals surface area contributed by atoms with Gasteiger partial charge in [-0.2, -0.15) is 0 Å². The van der Waals surface area contributed by atoms with Crippen LogP contribution >= 0.6 is 11.6 Å². The van der Waals surface area contributed by atoms with E-state index in [9.17, 15) is 4.79 Å². The van der Waals surface area contributed by atoms with E-state index < -0.39 is 0 Å². The van der Waals surface area contributed by atoms with Crippen LogP contribution in [0.4, 0.5) is 5.69 Å². The molecule has 0 atom stereocenters. The van der Waals surface area contributed by atoms with Crippen LogP contribution in [0.2, 0.25) is 5.02 Å². The number of halogens is 1. The molecule has 0 saturated heterocycles. The first-order valence-electron chi connectivity index (χ1n) is 8.05. The minimum atomic E-state index is -0.188. The van der Waals surface area contributed by atoms with Gasteiger partial charge in [0.05, 0.1) is 6.54 Å². The van der Waals surface area contributed by atoms with Crippen molar-refractivity contribution in [1.29, 1.82) is 0 Å². The Hall–Kier alpha value is -2.97. The number of hydrogen-bond donors (Lipinski definition) is 2. The molecule has 6 heteroatoms. The number of guanidine groups is 1. The zero-order valence-corrected chi connectivity index (χ0v) is 15.5. The highest BCUT2D eigenvalue weighted by Gasteiger charge is 2.10. The van der Waals surface area contributed by atoms with Crippen LogP contribution in [0.15, 0.2) is 53.5 Å². The summed E-state index contributed by atoms with van der Waals surface area (Å²) < 4.78 is 0. The minimum Gasteiger partial charge on any atom is -0.347 e. The van der Waals surface area contributed by atoms with E-state index in [-0.39, 0.29) is 12.5 Å². The largest absolute Gasteiger partial charge is 0.347 e. The quantitative estimate of drug-likeness (QED) is 0.484. The van der Waals surface area contributed by atoms with Crippen molar-refractivity contribution in [2.45, 2.75) is 6.54 Å². The predicted molar refractivity (Wildman–Crippen MR) is 107 cm³/mol. The topological polar surface area (TPSA) is 56.7 Å². The highest BCUT2D eigenvalue weighted by molar-refractivity contribution is 6.31. The van der Waals surface area contributed by atoms with E-state index in [0.29, 0.717) is 28.8 Å². The number of hydrogen-bond acceptors (Lipinski definition) is 2. The molecule has 0 spiro atoms. The van der Waals surface area contributed by atoms with E-state index in [1.54, 1.807) is 31.3 Å². The van der Waals surface area contributed by atoms with Gasteiger partial charge in [0.25, 0.3) is 0 Å². The molecule has 0 fully saturated rings. The van der Waals surface area contributed by atoms with Crippen LogP contribution in [0, 0.1) is 12.3 Å². The first-order valence-corrected chi connectivity index (χ1v) is 8.43. The Morgan fingerprint density at radius 3 is 2.73 bits per heavy atom. The summed E-state index contributed by atoms with van der Waals surface area (Å²) >= 11 is 6.19. The van der Waals surface area contributed by atoms with E-state index in [0.717, 1.165) is 5.56 Å². The first-order chi connectivity index (χ1) is 12.5. The number of carbonyl (C=O) groups excluding carboxylic acids is 1. The lowest BCUT2D eigenvalue weighted by Crippen LogP contribution is -2.42. The van der Waals surface area contributed by atoms with Gasteiger partial charge in [-0.1, -0.05) is 41.8 Å². The molecule has 2 aromatic carbocycles. The summed E-state index contributed by atoms with van der Waals surface area (Å²) in [6.07, 6.45) is 5.37. The van der Waals surface area contributed by atoms with Gasteiger partial charge in [0.15, 0.2) is 5.96 Å². The number of aliphatic imine (C=N–C) groups is 1. The Bertz CT molecular complexity index is 842. The van der Waals surface area contributed by atoms with Crippen LogP contribution < -0.4 is 10.6 Å². The van der Waals surface area contributed by atoms with Gasteiger partial charge in [0.2, 0.25) is 5.91 Å². The van der Waals surface area contributed by atoms with Crippen molar-refractivity contribution < 1.29 is 4.79 Å². The van der Waals surface area contributed by atoms with Crippen molar-refractivity contribution in [3.05, 3.63) is 64.7 Å². The van der Waals surface area contributed by atoms with Crippen molar-refractivity contribution in [2.75, 3.05) is 26.0 Å². The van der Waals surface area contributed by atoms with Gasteiger partial charge in [0, 0.05) is 36.9 Å². The third kappa shape index (κ3) is 5.54. The van der Waals surface area contributed by atoms with Crippen LogP contribution in [0.25, 0.3) is 0 Å². The van der Waals surface area contributed by atoms with Crippen molar-refractivity contribution in [2.24, 2.45) is 4.99 Å². The fourth-order valence-electron chi connectivity index (χ4n) is 2.39. The normalized spacial score (nSPS) is 10.8. The zero-order valence-electron chi connectivity index (χ0n) is 14.8. The smallest absolute Gasteiger partial charge is 0.243 e. The lowest BCUT2D eigenvalue weighted by Gasteiger charge is -2.22. The third-order valence-electron chi connectivity index (χ3n) is 3.66. The summed E-state index contributed by atoms with van der Waals surface area (Å²) in [6, 6.07) is 14.8. The average molecular weight is 369 g/mol. The van der Waals surface area contributed by atoms with Gasteiger partial charge in [0.1, 0.15) is 0 Å². The maximum atomic E-state index is 12.1. The molecule has 2 N–H and O–H groups in total. The molecule has 0 aliphatic heterocycles. The Morgan fingerprint density at radius 1 is 1.27 bits per heavy atom. The standard InChI is InChI=1S/C20H21ClN4O/c1-4-15-8-7-10-17(12-15)24-19(26)13-23-20(22-2)25(3)14-16-9-5-6-11-18(16)21/h1,5-12H,13-14H2,2-3H3,(H,22,23)(H,24,26). The molecule has 0 unspecified atom stereocenters. The van der Waals surface area contributed by atoms with Crippen molar-refractivity contribution in [1.82, 2.24) is 10.2 Å². The van der Waals surface area contributed by atoms with Crippen molar-refractivity contribution >= 4 is 29.2 Å². The maximum absolute atomic E-state index is 12.1. The van der Waals surface area contributed by atoms with Crippen LogP contribution in [0.1, 0.15) is 11.1 Å². The van der Waals surface area contributed by atoms with Gasteiger partial charge in [-0.25, -0.2) is 0 Å². The minimum absolute atomic E-state index is 0.0832. The molecule has 5 nitrogen and oxygen atoms in total. The molecule has 0 aliphatic carbocycles. The molecule has 1 amide bonds. The number of amides is 1. The lowest BCUT2D eigenvalue weighted by molar-refractivity contribution is -0.115. The van der Waals surface area contributed by atoms with Crippen molar-refractivity contribution in [3.8, 4) is 12.3 Å². The fourth-order valence-corrected chi connectivity index (χ4v) is 2.59. The van der Waals surface area contributed by atoms with Crippen LogP contribution in [0.3, 0.4) is 0 Å². The first kappa shape index (κ1) is 19.4. The van der Waals surface area contributed by atoms with Crippen molar-refractivity contribution in [3.63, 3.8) is 0 Å². The zero-order chi connectivity index (χ0) is 18.9. The van der Waals surface area contributed by atoms with Crippen LogP contribution in [-0.4, -0.2) is 37.4 Å². The highest BCUT2D eigenvalue weighted by Crippen LogP contribution is 2.16. The van der Waals surface area contributed by atoms with Gasteiger partial charge >= 0.3 is 0 Å². The van der Waals surface area contributed by atoms with E-state index in [1.165, 1.54) is 0 Å². The third-order valence-corrected chi connectivity index (χ3v) is 4.03. The summed E-state index contributed by atoms with van der Waals surface area (Å²) in [5.74, 6) is 2.95. The monoisotopic (exact) mass is 368 g/mol. The molecule has 0 aliphatic rings. The SMILES string of the molecule is C#Cc1cccc(NC(=O)CNC(=NC)N(C)Cc2ccccc2Cl)c1. The van der Waals surface area contributed by atoms with Gasteiger partial charge in [-0.05, 0) is 29.8 Å². The molecule has 0 saturated carbocycles. The summed E-state index contributed by atoms with van der Waals surface area (Å²) in [4.78, 5) is 18.2. The lowest BCUT2D eigenvalue weighted by atomic mass is 10.2. The van der Waals surface area contributed by atoms with Crippen LogP contribution in [-0.2, 0) is 11.3 Å². The Kier molecular flexibility index (Phi) is 7.07. The van der Waals surface area contributed by atoms with E-state index in [2.05, 4.69) is 21.5 Å². The second-order valence-electron chi connectivity index (χ2n) is 5.62. The number of nitrogens with zero attached hydrogens (tertiary/aromatic N) is 2. The average Bonchev–Trinajstić information content (AvgIpc) is 2.64. The molecule has 0 heterocycles. The molecule has 0 bridgehead atoms.